The highest BCUT2D eigenvalue weighted by Gasteiger charge is 2.10. The van der Waals surface area contributed by atoms with Gasteiger partial charge >= 0.3 is 0 Å². The minimum absolute atomic E-state index is 0.0475. The van der Waals surface area contributed by atoms with Crippen molar-refractivity contribution in [1.29, 1.82) is 0 Å². The molecule has 3 nitrogen and oxygen atoms in total. The van der Waals surface area contributed by atoms with Crippen molar-refractivity contribution >= 4 is 0 Å². The molecule has 2 rings (SSSR count). The fraction of sp³-hybridized carbons (Fsp3) is 0.571. The Morgan fingerprint density at radius 3 is 2.94 bits per heavy atom. The van der Waals surface area contributed by atoms with Crippen molar-refractivity contribution in [2.45, 2.75) is 31.7 Å². The molecule has 1 atom stereocenters. The van der Waals surface area contributed by atoms with Crippen molar-refractivity contribution in [2.24, 2.45) is 5.73 Å². The second-order valence-corrected chi connectivity index (χ2v) is 4.85. The van der Waals surface area contributed by atoms with E-state index in [-0.39, 0.29) is 12.6 Å². The van der Waals surface area contributed by atoms with E-state index in [0.717, 1.165) is 13.0 Å². The van der Waals surface area contributed by atoms with Crippen molar-refractivity contribution < 1.29 is 5.11 Å². The van der Waals surface area contributed by atoms with Crippen molar-refractivity contribution in [2.75, 3.05) is 19.7 Å². The van der Waals surface area contributed by atoms with Gasteiger partial charge in [0.15, 0.2) is 0 Å². The Morgan fingerprint density at radius 1 is 1.29 bits per heavy atom. The van der Waals surface area contributed by atoms with E-state index in [1.54, 1.807) is 0 Å². The lowest BCUT2D eigenvalue weighted by Gasteiger charge is -2.10. The zero-order valence-electron chi connectivity index (χ0n) is 10.3. The van der Waals surface area contributed by atoms with Gasteiger partial charge in [0.1, 0.15) is 0 Å². The number of rotatable bonds is 6. The Hall–Kier alpha value is -0.900. The van der Waals surface area contributed by atoms with E-state index in [2.05, 4.69) is 23.5 Å². The molecule has 1 aromatic carbocycles. The van der Waals surface area contributed by atoms with Crippen LogP contribution < -0.4 is 11.1 Å². The maximum Gasteiger partial charge on any atom is 0.0594 e. The molecule has 1 aromatic rings. The van der Waals surface area contributed by atoms with Gasteiger partial charge in [0.2, 0.25) is 0 Å². The maximum absolute atomic E-state index is 8.79. The monoisotopic (exact) mass is 234 g/mol. The van der Waals surface area contributed by atoms with Crippen LogP contribution in [0, 0.1) is 0 Å². The van der Waals surface area contributed by atoms with Gasteiger partial charge < -0.3 is 16.2 Å². The largest absolute Gasteiger partial charge is 0.395 e. The summed E-state index contributed by atoms with van der Waals surface area (Å²) in [6.07, 6.45) is 4.83. The van der Waals surface area contributed by atoms with Crippen LogP contribution in [-0.4, -0.2) is 30.8 Å². The van der Waals surface area contributed by atoms with Gasteiger partial charge in [0, 0.05) is 12.6 Å². The topological polar surface area (TPSA) is 58.3 Å². The maximum atomic E-state index is 8.79. The number of aliphatic hydroxyl groups excluding tert-OH is 1. The Bertz CT molecular complexity index is 365. The van der Waals surface area contributed by atoms with Gasteiger partial charge in [-0.3, -0.25) is 0 Å². The summed E-state index contributed by atoms with van der Waals surface area (Å²) < 4.78 is 0. The predicted molar refractivity (Wildman–Crippen MR) is 70.1 cm³/mol. The standard InChI is InChI=1S/C14H22N2O/c15-14(10-17)9-16-7-6-11-4-5-12-2-1-3-13(12)8-11/h4-5,8,14,16-17H,1-3,6-7,9-10,15H2. The molecular formula is C14H22N2O. The van der Waals surface area contributed by atoms with E-state index in [4.69, 9.17) is 10.8 Å². The molecule has 94 valence electrons. The van der Waals surface area contributed by atoms with Crippen LogP contribution in [-0.2, 0) is 19.3 Å². The van der Waals surface area contributed by atoms with Gasteiger partial charge in [-0.15, -0.1) is 0 Å². The average molecular weight is 234 g/mol. The van der Waals surface area contributed by atoms with Gasteiger partial charge in [-0.05, 0) is 48.9 Å². The molecule has 0 saturated heterocycles. The van der Waals surface area contributed by atoms with Crippen LogP contribution in [0.2, 0.25) is 0 Å². The number of fused-ring (bicyclic) bond motifs is 1. The predicted octanol–water partition coefficient (Wildman–Crippen LogP) is 0.627. The van der Waals surface area contributed by atoms with Gasteiger partial charge in [0.25, 0.3) is 0 Å². The summed E-state index contributed by atoms with van der Waals surface area (Å²) in [4.78, 5) is 0. The molecule has 0 bridgehead atoms. The number of aliphatic hydroxyl groups is 1. The highest BCUT2D eigenvalue weighted by molar-refractivity contribution is 5.35. The Morgan fingerprint density at radius 2 is 2.12 bits per heavy atom. The molecule has 0 aromatic heterocycles. The summed E-state index contributed by atoms with van der Waals surface area (Å²) in [6.45, 7) is 1.65. The first-order valence-corrected chi connectivity index (χ1v) is 6.47. The van der Waals surface area contributed by atoms with Crippen molar-refractivity contribution in [1.82, 2.24) is 5.32 Å². The quantitative estimate of drug-likeness (QED) is 0.633. The number of hydrogen-bond acceptors (Lipinski definition) is 3. The number of aryl methyl sites for hydroxylation is 2. The van der Waals surface area contributed by atoms with Crippen LogP contribution in [0.15, 0.2) is 18.2 Å². The molecule has 0 amide bonds. The summed E-state index contributed by atoms with van der Waals surface area (Å²) in [7, 11) is 0. The zero-order chi connectivity index (χ0) is 12.1. The highest BCUT2D eigenvalue weighted by atomic mass is 16.3. The minimum Gasteiger partial charge on any atom is -0.395 e. The summed E-state index contributed by atoms with van der Waals surface area (Å²) in [6, 6.07) is 6.71. The molecule has 1 aliphatic rings. The summed E-state index contributed by atoms with van der Waals surface area (Å²) in [5.74, 6) is 0. The third kappa shape index (κ3) is 3.53. The zero-order valence-corrected chi connectivity index (χ0v) is 10.3. The smallest absolute Gasteiger partial charge is 0.0594 e. The fourth-order valence-corrected chi connectivity index (χ4v) is 2.37. The molecular weight excluding hydrogens is 212 g/mol. The normalized spacial score (nSPS) is 15.9. The van der Waals surface area contributed by atoms with E-state index >= 15 is 0 Å². The van der Waals surface area contributed by atoms with Crippen LogP contribution in [0.5, 0.6) is 0 Å². The minimum atomic E-state index is -0.143. The van der Waals surface area contributed by atoms with Gasteiger partial charge in [-0.25, -0.2) is 0 Å². The lowest BCUT2D eigenvalue weighted by molar-refractivity contribution is 0.262. The summed E-state index contributed by atoms with van der Waals surface area (Å²) in [5.41, 5.74) is 10.1. The summed E-state index contributed by atoms with van der Waals surface area (Å²) in [5, 5.41) is 12.1. The third-order valence-electron chi connectivity index (χ3n) is 3.39. The lowest BCUT2D eigenvalue weighted by Crippen LogP contribution is -2.37. The SMILES string of the molecule is NC(CO)CNCCc1ccc2c(c1)CCC2. The molecule has 1 aliphatic carbocycles. The van der Waals surface area contributed by atoms with Crippen LogP contribution >= 0.6 is 0 Å². The van der Waals surface area contributed by atoms with E-state index in [9.17, 15) is 0 Å². The molecule has 0 radical (unpaired) electrons. The highest BCUT2D eigenvalue weighted by Crippen LogP contribution is 2.22. The van der Waals surface area contributed by atoms with Crippen LogP contribution in [0.1, 0.15) is 23.1 Å². The van der Waals surface area contributed by atoms with Gasteiger partial charge in [-0.2, -0.15) is 0 Å². The fourth-order valence-electron chi connectivity index (χ4n) is 2.37. The molecule has 3 heteroatoms. The second kappa shape index (κ2) is 6.15. The van der Waals surface area contributed by atoms with Crippen LogP contribution in [0.4, 0.5) is 0 Å². The van der Waals surface area contributed by atoms with E-state index in [1.165, 1.54) is 36.0 Å². The van der Waals surface area contributed by atoms with E-state index in [0.29, 0.717) is 6.54 Å². The first-order valence-electron chi connectivity index (χ1n) is 6.47. The number of nitrogens with two attached hydrogens (primary N) is 1. The molecule has 0 spiro atoms. The van der Waals surface area contributed by atoms with Crippen molar-refractivity contribution in [3.63, 3.8) is 0 Å². The van der Waals surface area contributed by atoms with Crippen molar-refractivity contribution in [3.8, 4) is 0 Å². The number of hydrogen-bond donors (Lipinski definition) is 3. The van der Waals surface area contributed by atoms with Gasteiger partial charge in [-0.1, -0.05) is 18.2 Å². The Labute approximate surface area is 103 Å². The van der Waals surface area contributed by atoms with Crippen molar-refractivity contribution in [3.05, 3.63) is 34.9 Å². The molecule has 0 heterocycles. The molecule has 17 heavy (non-hydrogen) atoms. The number of benzene rings is 1. The lowest BCUT2D eigenvalue weighted by atomic mass is 10.0. The van der Waals surface area contributed by atoms with E-state index < -0.39 is 0 Å². The Balaban J connectivity index is 1.76. The number of nitrogens with one attached hydrogen (secondary N) is 1. The molecule has 0 aliphatic heterocycles. The molecule has 1 unspecified atom stereocenters. The summed E-state index contributed by atoms with van der Waals surface area (Å²) >= 11 is 0. The second-order valence-electron chi connectivity index (χ2n) is 4.85. The van der Waals surface area contributed by atoms with E-state index in [1.807, 2.05) is 0 Å². The molecule has 0 saturated carbocycles. The van der Waals surface area contributed by atoms with Crippen LogP contribution in [0.25, 0.3) is 0 Å². The first kappa shape index (κ1) is 12.6. The Kier molecular flexibility index (Phi) is 4.54. The molecule has 0 fully saturated rings. The van der Waals surface area contributed by atoms with Crippen LogP contribution in [0.3, 0.4) is 0 Å². The average Bonchev–Trinajstić information content (AvgIpc) is 2.81. The third-order valence-corrected chi connectivity index (χ3v) is 3.39. The molecule has 4 N–H and O–H groups in total. The first-order chi connectivity index (χ1) is 8.29. The van der Waals surface area contributed by atoms with Gasteiger partial charge in [0.05, 0.1) is 6.61 Å².